The Morgan fingerprint density at radius 2 is 1.51 bits per heavy atom. The first-order valence-electron chi connectivity index (χ1n) is 28.0. The van der Waals surface area contributed by atoms with E-state index in [0.717, 1.165) is 40.9 Å². The van der Waals surface area contributed by atoms with Crippen LogP contribution in [0.1, 0.15) is 127 Å². The Morgan fingerprint density at radius 1 is 0.815 bits per heavy atom. The summed E-state index contributed by atoms with van der Waals surface area (Å²) in [6.07, 6.45) is -0.891. The molecule has 0 radical (unpaired) electrons. The summed E-state index contributed by atoms with van der Waals surface area (Å²) in [5, 5.41) is 13.4. The first-order chi connectivity index (χ1) is 38.7. The van der Waals surface area contributed by atoms with Crippen LogP contribution in [0, 0.1) is 0 Å². The van der Waals surface area contributed by atoms with Crippen molar-refractivity contribution in [2.24, 2.45) is 0 Å². The molecule has 3 fully saturated rings. The lowest BCUT2D eigenvalue weighted by Gasteiger charge is -2.42. The lowest BCUT2D eigenvalue weighted by molar-refractivity contribution is -0.136. The molecule has 0 aliphatic carbocycles. The third-order valence-corrected chi connectivity index (χ3v) is 16.2. The number of piperazine rings is 1. The first-order valence-corrected chi connectivity index (χ1v) is 28.4. The summed E-state index contributed by atoms with van der Waals surface area (Å²) in [6.45, 7) is 13.8. The first kappa shape index (κ1) is 58.6. The van der Waals surface area contributed by atoms with Gasteiger partial charge < -0.3 is 45.4 Å². The van der Waals surface area contributed by atoms with Crippen LogP contribution in [0.3, 0.4) is 0 Å². The molecule has 0 saturated carbocycles. The van der Waals surface area contributed by atoms with Crippen LogP contribution in [0.4, 0.5) is 29.6 Å². The number of anilines is 2. The minimum absolute atomic E-state index is 0.00442. The van der Waals surface area contributed by atoms with Gasteiger partial charge in [-0.05, 0) is 117 Å². The Bertz CT molecular complexity index is 3050. The smallest absolute Gasteiger partial charge is 0.417 e. The molecule has 432 valence electrons. The van der Waals surface area contributed by atoms with E-state index in [1.807, 2.05) is 29.2 Å². The number of aromatic nitrogens is 2. The highest BCUT2D eigenvalue weighted by atomic mass is 35.5. The van der Waals surface area contributed by atoms with Gasteiger partial charge in [-0.25, -0.2) is 14.8 Å². The number of amides is 5. The third-order valence-electron chi connectivity index (χ3n) is 15.9. The lowest BCUT2D eigenvalue weighted by atomic mass is 9.85. The highest BCUT2D eigenvalue weighted by Gasteiger charge is 2.46. The number of fused-ring (bicyclic) bond motifs is 2. The van der Waals surface area contributed by atoms with Crippen LogP contribution in [0.2, 0.25) is 5.02 Å². The SMILES string of the molecule is CC1CNc2ncnc(N3CCC(NC(=O)OC(C)(C)C)(C(=O)N[C@@H](CCN4CCN(C(=O)CCOCCNC(=O)c5ccc(C6CCN(C(=O)c7cccc8c(C(F)(F)F)cccc78)CC6)cc5)CC4)c4ccc(Cl)cc4)CC3)c21. The van der Waals surface area contributed by atoms with Crippen molar-refractivity contribution in [3.05, 3.63) is 130 Å². The van der Waals surface area contributed by atoms with Crippen LogP contribution in [-0.4, -0.2) is 151 Å². The Balaban J connectivity index is 0.694. The molecule has 5 heterocycles. The molecule has 1 aromatic heterocycles. The molecular weight excluding hydrogens is 1070 g/mol. The number of halogens is 4. The van der Waals surface area contributed by atoms with Gasteiger partial charge >= 0.3 is 12.3 Å². The van der Waals surface area contributed by atoms with Crippen molar-refractivity contribution < 1.29 is 46.6 Å². The van der Waals surface area contributed by atoms with Crippen molar-refractivity contribution >= 4 is 63.7 Å². The number of hydrogen-bond donors (Lipinski definition) is 4. The number of alkyl halides is 3. The van der Waals surface area contributed by atoms with Crippen molar-refractivity contribution in [2.75, 3.05) is 95.4 Å². The Labute approximate surface area is 475 Å². The zero-order valence-corrected chi connectivity index (χ0v) is 47.1. The largest absolute Gasteiger partial charge is 0.444 e. The van der Waals surface area contributed by atoms with Crippen LogP contribution in [0.5, 0.6) is 0 Å². The van der Waals surface area contributed by atoms with Gasteiger partial charge in [0.25, 0.3) is 11.8 Å². The van der Waals surface area contributed by atoms with E-state index in [1.54, 1.807) is 68.4 Å². The Kier molecular flexibility index (Phi) is 18.4. The molecule has 5 aromatic rings. The van der Waals surface area contributed by atoms with Crippen molar-refractivity contribution in [1.29, 1.82) is 0 Å². The molecule has 3 saturated heterocycles. The molecule has 21 heteroatoms. The van der Waals surface area contributed by atoms with Gasteiger partial charge in [0.2, 0.25) is 11.8 Å². The number of likely N-dealkylation sites (tertiary alicyclic amines) is 1. The summed E-state index contributed by atoms with van der Waals surface area (Å²) in [7, 11) is 0. The number of rotatable bonds is 17. The highest BCUT2D eigenvalue weighted by molar-refractivity contribution is 6.30. The summed E-state index contributed by atoms with van der Waals surface area (Å²) < 4.78 is 52.5. The molecule has 4 N–H and O–H groups in total. The average molecular weight is 1140 g/mol. The van der Waals surface area contributed by atoms with Gasteiger partial charge in [-0.15, -0.1) is 0 Å². The number of nitrogens with zero attached hydrogens (tertiary/aromatic N) is 6. The van der Waals surface area contributed by atoms with E-state index in [0.29, 0.717) is 102 Å². The topological polar surface area (TPSA) is 191 Å². The molecule has 81 heavy (non-hydrogen) atoms. The molecule has 0 spiro atoms. The zero-order valence-electron chi connectivity index (χ0n) is 46.4. The summed E-state index contributed by atoms with van der Waals surface area (Å²) >= 11 is 6.32. The Morgan fingerprint density at radius 3 is 2.20 bits per heavy atom. The molecule has 9 rings (SSSR count). The second kappa shape index (κ2) is 25.4. The van der Waals surface area contributed by atoms with Gasteiger partial charge in [0, 0.05) is 99.6 Å². The second-order valence-corrected chi connectivity index (χ2v) is 23.0. The standard InChI is InChI=1S/C60H72ClF3N10O7/c1-39-37-66-52-51(39)53(68-38-67-52)73-29-23-59(24-30-73,70-57(79)81-58(2,3)4)56(78)69-49(42-15-17-44(61)18-16-42)21-26-71-31-33-72(34-32-71)50(75)22-35-80-36-25-65-54(76)43-13-11-40(12-14-43)41-19-27-74(28-20-41)55(77)47-9-5-8-46-45(47)7-6-10-48(46)60(62,63)64/h5-18,38-39,41,49H,19-37H2,1-4H3,(H,65,76)(H,69,78)(H,70,79)(H,66,67,68)/t39?,49-/m0/s1. The quantitative estimate of drug-likeness (QED) is 0.0648. The monoisotopic (exact) mass is 1140 g/mol. The summed E-state index contributed by atoms with van der Waals surface area (Å²) in [6, 6.07) is 22.8. The van der Waals surface area contributed by atoms with Gasteiger partial charge in [-0.1, -0.05) is 67.1 Å². The number of alkyl carbamates (subject to hydrolysis) is 1. The number of carbonyl (C=O) groups excluding carboxylic acids is 5. The number of carbonyl (C=O) groups is 5. The van der Waals surface area contributed by atoms with E-state index in [9.17, 15) is 37.1 Å². The maximum absolute atomic E-state index is 14.7. The maximum atomic E-state index is 14.7. The van der Waals surface area contributed by atoms with E-state index in [-0.39, 0.29) is 78.0 Å². The fourth-order valence-corrected chi connectivity index (χ4v) is 11.6. The van der Waals surface area contributed by atoms with Crippen molar-refractivity contribution in [3.8, 4) is 0 Å². The fraction of sp³-hybridized carbons (Fsp3) is 0.483. The highest BCUT2D eigenvalue weighted by Crippen LogP contribution is 2.39. The maximum Gasteiger partial charge on any atom is 0.417 e. The minimum atomic E-state index is -4.53. The van der Waals surface area contributed by atoms with E-state index < -0.39 is 35.0 Å². The number of nitrogens with one attached hydrogen (secondary N) is 4. The summed E-state index contributed by atoms with van der Waals surface area (Å²) in [5.41, 5.74) is 0.914. The van der Waals surface area contributed by atoms with Gasteiger partial charge in [-0.2, -0.15) is 13.2 Å². The zero-order chi connectivity index (χ0) is 57.5. The average Bonchev–Trinajstić information content (AvgIpc) is 3.85. The van der Waals surface area contributed by atoms with Gasteiger partial charge in [0.15, 0.2) is 0 Å². The molecular formula is C60H72ClF3N10O7. The Hall–Kier alpha value is -7.03. The predicted octanol–water partition coefficient (Wildman–Crippen LogP) is 8.94. The molecule has 2 atom stereocenters. The number of hydrogen-bond acceptors (Lipinski definition) is 12. The number of benzene rings is 4. The third kappa shape index (κ3) is 14.4. The van der Waals surface area contributed by atoms with Gasteiger partial charge in [-0.3, -0.25) is 24.1 Å². The summed E-state index contributed by atoms with van der Waals surface area (Å²) in [5.74, 6) is 1.18. The van der Waals surface area contributed by atoms with Crippen LogP contribution in [-0.2, 0) is 25.2 Å². The molecule has 0 bridgehead atoms. The summed E-state index contributed by atoms with van der Waals surface area (Å²) in [4.78, 5) is 85.0. The second-order valence-electron chi connectivity index (χ2n) is 22.5. The molecule has 4 aliphatic rings. The van der Waals surface area contributed by atoms with Crippen LogP contribution >= 0.6 is 11.6 Å². The number of piperidine rings is 2. The molecule has 1 unspecified atom stereocenters. The van der Waals surface area contributed by atoms with Crippen molar-refractivity contribution in [3.63, 3.8) is 0 Å². The fourth-order valence-electron chi connectivity index (χ4n) is 11.4. The molecule has 4 aromatic carbocycles. The van der Waals surface area contributed by atoms with Crippen LogP contribution in [0.25, 0.3) is 10.8 Å². The van der Waals surface area contributed by atoms with Gasteiger partial charge in [0.05, 0.1) is 31.2 Å². The van der Waals surface area contributed by atoms with E-state index >= 15 is 0 Å². The number of ether oxygens (including phenoxy) is 2. The predicted molar refractivity (Wildman–Crippen MR) is 303 cm³/mol. The normalized spacial score (nSPS) is 18.2. The minimum Gasteiger partial charge on any atom is -0.444 e. The lowest BCUT2D eigenvalue weighted by Crippen LogP contribution is -2.64. The molecule has 5 amide bonds. The van der Waals surface area contributed by atoms with E-state index in [4.69, 9.17) is 21.1 Å². The molecule has 4 aliphatic heterocycles. The van der Waals surface area contributed by atoms with Gasteiger partial charge in [0.1, 0.15) is 29.1 Å². The van der Waals surface area contributed by atoms with Crippen LogP contribution < -0.4 is 26.2 Å². The molecule has 17 nitrogen and oxygen atoms in total. The van der Waals surface area contributed by atoms with Crippen molar-refractivity contribution in [2.45, 2.75) is 101 Å². The van der Waals surface area contributed by atoms with E-state index in [2.05, 4.69) is 48.0 Å². The van der Waals surface area contributed by atoms with E-state index in [1.165, 1.54) is 18.2 Å². The van der Waals surface area contributed by atoms with Crippen LogP contribution in [0.15, 0.2) is 91.3 Å². The van der Waals surface area contributed by atoms with Crippen molar-refractivity contribution in [1.82, 2.24) is 40.6 Å².